The van der Waals surface area contributed by atoms with Gasteiger partial charge in [0.25, 0.3) is 5.56 Å². The molecule has 0 amide bonds. The molecule has 0 aromatic carbocycles. The second kappa shape index (κ2) is 75.2. The number of aliphatic imine (C=N–C) groups is 1. The number of aliphatic hydroxyl groups excluding tert-OH is 2. The first-order chi connectivity index (χ1) is 32.6. The van der Waals surface area contributed by atoms with Gasteiger partial charge in [-0.3, -0.25) is 9.79 Å². The number of hydrogen-bond acceptors (Lipinski definition) is 15. The van der Waals surface area contributed by atoms with Crippen LogP contribution < -0.4 is 5.56 Å². The molecule has 3 aromatic heterocycles. The molecule has 1 aliphatic heterocycles. The van der Waals surface area contributed by atoms with Gasteiger partial charge in [0.05, 0.1) is 39.1 Å². The number of terminal acetylenes is 1. The highest BCUT2D eigenvalue weighted by Crippen LogP contribution is 1.87. The van der Waals surface area contributed by atoms with Crippen LogP contribution in [0.25, 0.3) is 0 Å². The van der Waals surface area contributed by atoms with Gasteiger partial charge in [0, 0.05) is 106 Å². The number of aromatic nitrogens is 5. The smallest absolute Gasteiger partial charge is 0.384 e. The normalized spacial score (nSPS) is 8.13. The molecule has 0 fully saturated rings. The molecular formula is C48H76ClIN6O12. The van der Waals surface area contributed by atoms with E-state index in [9.17, 15) is 24.0 Å². The number of nitrogens with one attached hydrogen (secondary N) is 1. The molecule has 4 rings (SSSR count). The van der Waals surface area contributed by atoms with Gasteiger partial charge in [-0.2, -0.15) is 5.16 Å². The quantitative estimate of drug-likeness (QED) is 0.0551. The average Bonchev–Trinajstić information content (AvgIpc) is 4.19. The number of carbonyl (C=O) groups is 4. The third-order valence-electron chi connectivity index (χ3n) is 4.93. The van der Waals surface area contributed by atoms with E-state index in [2.05, 4.69) is 122 Å². The molecule has 3 N–H and O–H groups in total. The van der Waals surface area contributed by atoms with E-state index in [1.807, 2.05) is 45.7 Å². The van der Waals surface area contributed by atoms with E-state index in [0.717, 1.165) is 25.4 Å². The lowest BCUT2D eigenvalue weighted by Gasteiger charge is -1.89. The first kappa shape index (κ1) is 79.0. The van der Waals surface area contributed by atoms with Crippen LogP contribution in [0.15, 0.2) is 70.1 Å². The Labute approximate surface area is 424 Å². The van der Waals surface area contributed by atoms with Crippen LogP contribution in [-0.2, 0) is 51.2 Å². The molecule has 0 aliphatic carbocycles. The van der Waals surface area contributed by atoms with Crippen LogP contribution in [-0.4, -0.2) is 115 Å². The summed E-state index contributed by atoms with van der Waals surface area (Å²) >= 11 is 7.15. The Morgan fingerprint density at radius 2 is 1.07 bits per heavy atom. The number of aryl methyl sites for hydroxylation is 3. The van der Waals surface area contributed by atoms with Gasteiger partial charge in [0.15, 0.2) is 0 Å². The van der Waals surface area contributed by atoms with Gasteiger partial charge in [0.2, 0.25) is 0 Å². The van der Waals surface area contributed by atoms with Crippen molar-refractivity contribution >= 4 is 64.3 Å². The van der Waals surface area contributed by atoms with Gasteiger partial charge >= 0.3 is 23.9 Å². The van der Waals surface area contributed by atoms with Crippen molar-refractivity contribution < 1.29 is 52.9 Å². The van der Waals surface area contributed by atoms with Crippen LogP contribution in [0.2, 0.25) is 0 Å². The summed E-state index contributed by atoms with van der Waals surface area (Å²) in [7, 11) is 0. The Balaban J connectivity index is -0.0000000979. The molecular weight excluding hydrogens is 1010 g/mol. The Morgan fingerprint density at radius 3 is 1.19 bits per heavy atom. The lowest BCUT2D eigenvalue weighted by molar-refractivity contribution is -0.137. The first-order valence-corrected chi connectivity index (χ1v) is 23.6. The number of allylic oxidation sites excluding steroid dienone is 1. The molecule has 20 heteroatoms. The van der Waals surface area contributed by atoms with Crippen LogP contribution in [0.3, 0.4) is 0 Å². The predicted octanol–water partition coefficient (Wildman–Crippen LogP) is 7.25. The van der Waals surface area contributed by atoms with Crippen LogP contribution in [0, 0.1) is 54.8 Å². The van der Waals surface area contributed by atoms with Crippen molar-refractivity contribution in [3.63, 3.8) is 0 Å². The van der Waals surface area contributed by atoms with Crippen molar-refractivity contribution in [2.24, 2.45) is 4.99 Å². The zero-order valence-corrected chi connectivity index (χ0v) is 45.3. The number of imidazole rings is 2. The zero-order chi connectivity index (χ0) is 54.1. The lowest BCUT2D eigenvalue weighted by atomic mass is 10.5. The predicted molar refractivity (Wildman–Crippen MR) is 280 cm³/mol. The zero-order valence-electron chi connectivity index (χ0n) is 42.4. The summed E-state index contributed by atoms with van der Waals surface area (Å²) in [6.07, 6.45) is 22.4. The van der Waals surface area contributed by atoms with Crippen molar-refractivity contribution in [2.75, 3.05) is 50.5 Å². The number of carbonyl (C=O) groups excluding carboxylic acids is 4. The van der Waals surface area contributed by atoms with Crippen LogP contribution >= 0.6 is 34.2 Å². The number of halogens is 2. The van der Waals surface area contributed by atoms with Crippen molar-refractivity contribution in [1.29, 1.82) is 0 Å². The number of aromatic amines is 1. The van der Waals surface area contributed by atoms with Gasteiger partial charge in [-0.25, -0.2) is 29.1 Å². The van der Waals surface area contributed by atoms with Crippen molar-refractivity contribution in [2.45, 2.75) is 110 Å². The first-order valence-electron chi connectivity index (χ1n) is 20.9. The number of nitrogens with zero attached hydrogens (tertiary/aromatic N) is 5. The Bertz CT molecular complexity index is 1740. The van der Waals surface area contributed by atoms with Crippen molar-refractivity contribution in [1.82, 2.24) is 24.3 Å². The number of esters is 4. The highest BCUT2D eigenvalue weighted by molar-refractivity contribution is 14.1. The van der Waals surface area contributed by atoms with E-state index < -0.39 is 23.9 Å². The number of H-pyrrole nitrogens is 1. The summed E-state index contributed by atoms with van der Waals surface area (Å²) in [5.41, 5.74) is -0.183. The molecule has 0 spiro atoms. The topological polar surface area (TPSA) is 240 Å². The monoisotopic (exact) mass is 1090 g/mol. The summed E-state index contributed by atoms with van der Waals surface area (Å²) in [5, 5.41) is 17.3. The van der Waals surface area contributed by atoms with Gasteiger partial charge in [-0.1, -0.05) is 53.4 Å². The number of ether oxygens (including phenoxy) is 4. The summed E-state index contributed by atoms with van der Waals surface area (Å²) < 4.78 is 26.3. The molecule has 18 nitrogen and oxygen atoms in total. The Kier molecular flexibility index (Phi) is 87.4. The maximum Gasteiger partial charge on any atom is 0.384 e. The molecule has 0 radical (unpaired) electrons. The Morgan fingerprint density at radius 1 is 0.735 bits per heavy atom. The fraction of sp³-hybridized carbons (Fsp3) is 0.500. The summed E-state index contributed by atoms with van der Waals surface area (Å²) in [5.74, 6) is 15.2. The van der Waals surface area contributed by atoms with E-state index >= 15 is 0 Å². The number of rotatable bonds is 6. The van der Waals surface area contributed by atoms with E-state index in [4.69, 9.17) is 21.8 Å². The SMILES string of the molecule is C#CC(=O)OCC.C1=CN=CC1.CC#CC(=O)OCC.CC#CC(=O)OCC.CC#CC(=O)OCC.CCCl.CCO.CCO.CCn1ccnc1.CCn1ccnc1.CI.Cc1cc(=O)[nH]o1. The lowest BCUT2D eigenvalue weighted by Crippen LogP contribution is -1.98. The number of hydrogen-bond donors (Lipinski definition) is 3. The largest absolute Gasteiger partial charge is 0.456 e. The van der Waals surface area contributed by atoms with Gasteiger partial charge in [-0.15, -0.1) is 18.0 Å². The van der Waals surface area contributed by atoms with E-state index in [1.165, 1.54) is 6.07 Å². The third kappa shape index (κ3) is 86.9. The van der Waals surface area contributed by atoms with Crippen molar-refractivity contribution in [3.05, 3.63) is 71.9 Å². The van der Waals surface area contributed by atoms with Crippen LogP contribution in [0.1, 0.15) is 95.3 Å². The average molecular weight is 1090 g/mol. The van der Waals surface area contributed by atoms with Crippen LogP contribution in [0.4, 0.5) is 0 Å². The maximum absolute atomic E-state index is 10.2. The minimum atomic E-state index is -0.595. The molecule has 0 saturated heterocycles. The highest BCUT2D eigenvalue weighted by Gasteiger charge is 1.91. The molecule has 0 bridgehead atoms. The molecule has 68 heavy (non-hydrogen) atoms. The summed E-state index contributed by atoms with van der Waals surface area (Å²) in [6, 6.07) is 1.39. The third-order valence-corrected chi connectivity index (χ3v) is 4.93. The second-order valence-electron chi connectivity index (χ2n) is 10.1. The van der Waals surface area contributed by atoms with E-state index in [0.29, 0.717) is 32.2 Å². The Hall–Kier alpha value is -6.10. The number of aliphatic hydroxyl groups is 2. The minimum Gasteiger partial charge on any atom is -0.456 e. The van der Waals surface area contributed by atoms with Crippen molar-refractivity contribution in [3.8, 4) is 47.9 Å². The molecule has 4 heterocycles. The summed E-state index contributed by atoms with van der Waals surface area (Å²) in [6.45, 7) is 26.9. The molecule has 3 aromatic rings. The molecule has 0 unspecified atom stereocenters. The fourth-order valence-corrected chi connectivity index (χ4v) is 2.61. The maximum atomic E-state index is 10.2. The summed E-state index contributed by atoms with van der Waals surface area (Å²) in [4.78, 5) is 64.3. The van der Waals surface area contributed by atoms with Gasteiger partial charge in [0.1, 0.15) is 5.76 Å². The number of alkyl halides is 2. The highest BCUT2D eigenvalue weighted by atomic mass is 127. The van der Waals surface area contributed by atoms with Gasteiger partial charge in [-0.05, 0) is 88.0 Å². The molecule has 0 saturated carbocycles. The second-order valence-corrected chi connectivity index (χ2v) is 10.6. The minimum absolute atomic E-state index is 0.183. The van der Waals surface area contributed by atoms with Gasteiger partial charge < -0.3 is 42.8 Å². The fourth-order valence-electron chi connectivity index (χ4n) is 2.61. The van der Waals surface area contributed by atoms with E-state index in [1.54, 1.807) is 106 Å². The molecule has 1 aliphatic rings. The molecule has 0 atom stereocenters. The molecule has 384 valence electrons. The van der Waals surface area contributed by atoms with E-state index in [-0.39, 0.29) is 18.8 Å². The standard InChI is InChI=1S/3C6H8O2.2C5H8N2.C5H6O2.C4H5NO2.C4H5N.C2H5Cl.2C2H6O.CH3I/c3*1-3-5-6(7)8-4-2;2*1-2-7-4-3-6-5-7;1-3-5(6)7-4-2;1-3-2-4(6)5-7-3;1-2-4-5-3-1;3*1-2-3;1-2/h3*4H2,1-2H3;2*3-5H,2H2,1H3;1H,4H2,2H3;2H,1H3,(H,5,6);1,3-4H,2H2;2H2,1H3;2*3H,2H2,1H3;1H3. The van der Waals surface area contributed by atoms with Crippen LogP contribution in [0.5, 0.6) is 0 Å².